The molecule has 4 rings (SSSR count). The van der Waals surface area contributed by atoms with Crippen LogP contribution in [0.2, 0.25) is 5.02 Å². The minimum absolute atomic E-state index is 0.0134. The molecular weight excluding hydrogens is 482 g/mol. The first-order chi connectivity index (χ1) is 17.4. The van der Waals surface area contributed by atoms with Gasteiger partial charge in [0.1, 0.15) is 12.4 Å². The fourth-order valence-electron chi connectivity index (χ4n) is 4.05. The molecule has 3 N–H and O–H groups in total. The van der Waals surface area contributed by atoms with Crippen LogP contribution in [0.25, 0.3) is 0 Å². The number of carboxylic acids is 1. The number of amides is 3. The highest BCUT2D eigenvalue weighted by Crippen LogP contribution is 2.23. The highest BCUT2D eigenvalue weighted by molar-refractivity contribution is 6.33. The van der Waals surface area contributed by atoms with Gasteiger partial charge in [-0.2, -0.15) is 0 Å². The zero-order chi connectivity index (χ0) is 25.5. The molecule has 0 radical (unpaired) electrons. The molecule has 1 aliphatic heterocycles. The number of para-hydroxylation sites is 1. The van der Waals surface area contributed by atoms with E-state index in [1.165, 1.54) is 12.1 Å². The van der Waals surface area contributed by atoms with Gasteiger partial charge in [-0.3, -0.25) is 4.79 Å². The van der Waals surface area contributed by atoms with E-state index in [0.29, 0.717) is 35.3 Å². The zero-order valence-corrected chi connectivity index (χ0v) is 20.2. The third-order valence-electron chi connectivity index (χ3n) is 5.93. The number of rotatable bonds is 8. The quantitative estimate of drug-likeness (QED) is 0.383. The summed E-state index contributed by atoms with van der Waals surface area (Å²) in [5.41, 5.74) is 2.15. The van der Waals surface area contributed by atoms with Crippen LogP contribution in [0.4, 0.5) is 16.2 Å². The second kappa shape index (κ2) is 11.6. The van der Waals surface area contributed by atoms with Crippen LogP contribution in [0, 0.1) is 0 Å². The standard InChI is InChI=1S/C27H26ClN3O5/c28-23-5-1-2-6-24(23)30-27(35)29-20-11-7-18(8-12-20)16-25(32)31-15-3-4-21(31)17-36-22-13-9-19(10-14-22)26(33)34/h1-2,5-14,21H,3-4,15-17H2,(H,33,34)(H2,29,30,35). The van der Waals surface area contributed by atoms with Gasteiger partial charge in [-0.15, -0.1) is 0 Å². The number of nitrogens with zero attached hydrogens (tertiary/aromatic N) is 1. The van der Waals surface area contributed by atoms with Gasteiger partial charge in [0.25, 0.3) is 0 Å². The molecule has 0 saturated carbocycles. The monoisotopic (exact) mass is 507 g/mol. The van der Waals surface area contributed by atoms with Crippen LogP contribution in [-0.2, 0) is 11.2 Å². The second-order valence-electron chi connectivity index (χ2n) is 8.46. The van der Waals surface area contributed by atoms with E-state index < -0.39 is 12.0 Å². The first kappa shape index (κ1) is 25.1. The Balaban J connectivity index is 1.27. The molecule has 1 atom stereocenters. The molecule has 8 nitrogen and oxygen atoms in total. The van der Waals surface area contributed by atoms with Gasteiger partial charge in [0.05, 0.1) is 28.7 Å². The number of halogens is 1. The predicted molar refractivity (Wildman–Crippen MR) is 138 cm³/mol. The number of carboxylic acid groups (broad SMARTS) is 1. The number of carbonyl (C=O) groups excluding carboxylic acids is 2. The molecule has 3 aromatic rings. The lowest BCUT2D eigenvalue weighted by Gasteiger charge is -2.25. The Bertz CT molecular complexity index is 1230. The van der Waals surface area contributed by atoms with Crippen molar-refractivity contribution < 1.29 is 24.2 Å². The zero-order valence-electron chi connectivity index (χ0n) is 19.4. The molecule has 0 aromatic heterocycles. The Hall–Kier alpha value is -4.04. The van der Waals surface area contributed by atoms with Crippen molar-refractivity contribution in [3.63, 3.8) is 0 Å². The van der Waals surface area contributed by atoms with Crippen LogP contribution in [-0.4, -0.2) is 47.1 Å². The van der Waals surface area contributed by atoms with E-state index >= 15 is 0 Å². The van der Waals surface area contributed by atoms with Gasteiger partial charge >= 0.3 is 12.0 Å². The summed E-state index contributed by atoms with van der Waals surface area (Å²) in [5, 5.41) is 14.9. The first-order valence-corrected chi connectivity index (χ1v) is 11.9. The molecule has 0 spiro atoms. The van der Waals surface area contributed by atoms with E-state index in [4.69, 9.17) is 21.4 Å². The smallest absolute Gasteiger partial charge is 0.335 e. The Morgan fingerprint density at radius 3 is 2.39 bits per heavy atom. The maximum atomic E-state index is 13.0. The van der Waals surface area contributed by atoms with E-state index in [0.717, 1.165) is 18.4 Å². The number of nitrogens with one attached hydrogen (secondary N) is 2. The largest absolute Gasteiger partial charge is 0.491 e. The van der Waals surface area contributed by atoms with Gasteiger partial charge < -0.3 is 25.4 Å². The molecule has 1 saturated heterocycles. The third kappa shape index (κ3) is 6.55. The molecule has 9 heteroatoms. The highest BCUT2D eigenvalue weighted by Gasteiger charge is 2.29. The summed E-state index contributed by atoms with van der Waals surface area (Å²) >= 11 is 6.07. The van der Waals surface area contributed by atoms with Crippen molar-refractivity contribution in [2.45, 2.75) is 25.3 Å². The summed E-state index contributed by atoms with van der Waals surface area (Å²) in [5.74, 6) is -0.404. The lowest BCUT2D eigenvalue weighted by molar-refractivity contribution is -0.131. The summed E-state index contributed by atoms with van der Waals surface area (Å²) in [6, 6.07) is 19.9. The van der Waals surface area contributed by atoms with Crippen molar-refractivity contribution in [3.05, 3.63) is 88.9 Å². The molecular formula is C27H26ClN3O5. The van der Waals surface area contributed by atoms with E-state index in [9.17, 15) is 14.4 Å². The van der Waals surface area contributed by atoms with E-state index in [2.05, 4.69) is 10.6 Å². The number of aromatic carboxylic acids is 1. The van der Waals surface area contributed by atoms with Gasteiger partial charge in [0, 0.05) is 12.2 Å². The number of urea groups is 1. The van der Waals surface area contributed by atoms with Gasteiger partial charge in [0.2, 0.25) is 5.91 Å². The summed E-state index contributed by atoms with van der Waals surface area (Å²) in [7, 11) is 0. The minimum atomic E-state index is -0.988. The number of hydrogen-bond donors (Lipinski definition) is 3. The minimum Gasteiger partial charge on any atom is -0.491 e. The topological polar surface area (TPSA) is 108 Å². The van der Waals surface area contributed by atoms with Crippen LogP contribution in [0.1, 0.15) is 28.8 Å². The van der Waals surface area contributed by atoms with Crippen molar-refractivity contribution in [1.82, 2.24) is 4.90 Å². The molecule has 0 aliphatic carbocycles. The maximum absolute atomic E-state index is 13.0. The number of likely N-dealkylation sites (tertiary alicyclic amines) is 1. The molecule has 3 amide bonds. The SMILES string of the molecule is O=C(Nc1ccc(CC(=O)N2CCCC2COc2ccc(C(=O)O)cc2)cc1)Nc1ccccc1Cl. The van der Waals surface area contributed by atoms with Crippen molar-refractivity contribution in [2.75, 3.05) is 23.8 Å². The number of benzene rings is 3. The maximum Gasteiger partial charge on any atom is 0.335 e. The third-order valence-corrected chi connectivity index (χ3v) is 6.26. The molecule has 3 aromatic carbocycles. The van der Waals surface area contributed by atoms with Crippen molar-refractivity contribution in [1.29, 1.82) is 0 Å². The fourth-order valence-corrected chi connectivity index (χ4v) is 4.24. The van der Waals surface area contributed by atoms with Crippen LogP contribution in [0.5, 0.6) is 5.75 Å². The summed E-state index contributed by atoms with van der Waals surface area (Å²) in [6.45, 7) is 1.02. The van der Waals surface area contributed by atoms with Crippen LogP contribution in [0.3, 0.4) is 0 Å². The predicted octanol–water partition coefficient (Wildman–Crippen LogP) is 5.29. The summed E-state index contributed by atoms with van der Waals surface area (Å²) < 4.78 is 5.82. The van der Waals surface area contributed by atoms with Crippen LogP contribution in [0.15, 0.2) is 72.8 Å². The van der Waals surface area contributed by atoms with Crippen LogP contribution >= 0.6 is 11.6 Å². The molecule has 186 valence electrons. The number of anilines is 2. The van der Waals surface area contributed by atoms with Crippen molar-refractivity contribution >= 4 is 40.9 Å². The van der Waals surface area contributed by atoms with Crippen molar-refractivity contribution in [2.24, 2.45) is 0 Å². The lowest BCUT2D eigenvalue weighted by Crippen LogP contribution is -2.39. The van der Waals surface area contributed by atoms with Crippen molar-refractivity contribution in [3.8, 4) is 5.75 Å². The Morgan fingerprint density at radius 1 is 0.972 bits per heavy atom. The van der Waals surface area contributed by atoms with Gasteiger partial charge in [0.15, 0.2) is 0 Å². The number of ether oxygens (including phenoxy) is 1. The highest BCUT2D eigenvalue weighted by atomic mass is 35.5. The average molecular weight is 508 g/mol. The molecule has 1 unspecified atom stereocenters. The van der Waals surface area contributed by atoms with E-state index in [1.807, 2.05) is 17.0 Å². The van der Waals surface area contributed by atoms with Gasteiger partial charge in [-0.1, -0.05) is 35.9 Å². The molecule has 0 bridgehead atoms. The summed E-state index contributed by atoms with van der Waals surface area (Å²) in [4.78, 5) is 38.0. The Kier molecular flexibility index (Phi) is 8.07. The second-order valence-corrected chi connectivity index (χ2v) is 8.86. The summed E-state index contributed by atoms with van der Waals surface area (Å²) in [6.07, 6.45) is 2.00. The van der Waals surface area contributed by atoms with E-state index in [-0.39, 0.29) is 23.9 Å². The van der Waals surface area contributed by atoms with Gasteiger partial charge in [-0.05, 0) is 66.9 Å². The Morgan fingerprint density at radius 2 is 1.69 bits per heavy atom. The average Bonchev–Trinajstić information content (AvgIpc) is 3.34. The number of hydrogen-bond acceptors (Lipinski definition) is 4. The molecule has 1 aliphatic rings. The number of carbonyl (C=O) groups is 3. The Labute approximate surface area is 213 Å². The van der Waals surface area contributed by atoms with Gasteiger partial charge in [-0.25, -0.2) is 9.59 Å². The normalized spacial score (nSPS) is 14.8. The molecule has 36 heavy (non-hydrogen) atoms. The lowest BCUT2D eigenvalue weighted by atomic mass is 10.1. The fraction of sp³-hybridized carbons (Fsp3) is 0.222. The first-order valence-electron chi connectivity index (χ1n) is 11.6. The molecule has 1 heterocycles. The molecule has 1 fully saturated rings. The van der Waals surface area contributed by atoms with E-state index in [1.54, 1.807) is 48.5 Å². The van der Waals surface area contributed by atoms with Crippen LogP contribution < -0.4 is 15.4 Å².